The largest absolute Gasteiger partial charge is 0.477 e. The molecule has 2 aliphatic carbocycles. The van der Waals surface area contributed by atoms with Crippen LogP contribution in [-0.2, 0) is 14.3 Å². The SMILES string of the molecule is CC[C@@]1(C(N)=O)[C@H](C2CCCCC2)CC(n2c(C(=O)O)c(Cl)c3ccccc32)N1C(=O)[C@H]1CC[C@H](C(CF)NC(=O)OC(C)(C)C)CC1. The first-order chi connectivity index (χ1) is 22.7. The van der Waals surface area contributed by atoms with Gasteiger partial charge in [-0.1, -0.05) is 68.8 Å². The van der Waals surface area contributed by atoms with Gasteiger partial charge in [-0.2, -0.15) is 0 Å². The Balaban J connectivity index is 1.52. The van der Waals surface area contributed by atoms with Crippen molar-refractivity contribution in [3.8, 4) is 0 Å². The molecule has 264 valence electrons. The molecule has 12 heteroatoms. The number of hydrogen-bond donors (Lipinski definition) is 3. The maximum Gasteiger partial charge on any atom is 0.407 e. The van der Waals surface area contributed by atoms with Crippen molar-refractivity contribution in [2.24, 2.45) is 29.4 Å². The van der Waals surface area contributed by atoms with Crippen LogP contribution in [0.2, 0.25) is 5.02 Å². The summed E-state index contributed by atoms with van der Waals surface area (Å²) in [6.45, 7) is 6.34. The van der Waals surface area contributed by atoms with Gasteiger partial charge in [0.1, 0.15) is 29.7 Å². The van der Waals surface area contributed by atoms with Crippen molar-refractivity contribution >= 4 is 46.4 Å². The van der Waals surface area contributed by atoms with Crippen LogP contribution in [0, 0.1) is 23.7 Å². The Morgan fingerprint density at radius 2 is 1.73 bits per heavy atom. The molecule has 1 aliphatic heterocycles. The van der Waals surface area contributed by atoms with Crippen LogP contribution in [0.5, 0.6) is 0 Å². The molecule has 4 atom stereocenters. The number of hydrogen-bond acceptors (Lipinski definition) is 5. The number of carbonyl (C=O) groups excluding carboxylic acids is 3. The average molecular weight is 689 g/mol. The molecule has 2 heterocycles. The lowest BCUT2D eigenvalue weighted by molar-refractivity contribution is -0.155. The first-order valence-corrected chi connectivity index (χ1v) is 17.8. The summed E-state index contributed by atoms with van der Waals surface area (Å²) < 4.78 is 21.2. The van der Waals surface area contributed by atoms with E-state index in [4.69, 9.17) is 22.1 Å². The Hall–Kier alpha value is -3.34. The van der Waals surface area contributed by atoms with Crippen LogP contribution in [0.25, 0.3) is 10.9 Å². The summed E-state index contributed by atoms with van der Waals surface area (Å²) in [6, 6.07) is 6.39. The van der Waals surface area contributed by atoms with Gasteiger partial charge in [-0.05, 0) is 83.1 Å². The number of nitrogens with zero attached hydrogens (tertiary/aromatic N) is 2. The van der Waals surface area contributed by atoms with Gasteiger partial charge in [0, 0.05) is 11.3 Å². The molecule has 2 unspecified atom stereocenters. The highest BCUT2D eigenvalue weighted by Crippen LogP contribution is 2.55. The second kappa shape index (κ2) is 14.3. The fraction of sp³-hybridized carbons (Fsp3) is 0.667. The van der Waals surface area contributed by atoms with E-state index < -0.39 is 53.9 Å². The Labute approximate surface area is 286 Å². The summed E-state index contributed by atoms with van der Waals surface area (Å²) in [6.07, 6.45) is 5.97. The van der Waals surface area contributed by atoms with Gasteiger partial charge in [0.25, 0.3) is 0 Å². The summed E-state index contributed by atoms with van der Waals surface area (Å²) >= 11 is 6.73. The van der Waals surface area contributed by atoms with Crippen molar-refractivity contribution in [2.75, 3.05) is 6.67 Å². The quantitative estimate of drug-likeness (QED) is 0.254. The Morgan fingerprint density at radius 1 is 1.08 bits per heavy atom. The summed E-state index contributed by atoms with van der Waals surface area (Å²) in [5.74, 6) is -2.86. The van der Waals surface area contributed by atoms with Crippen LogP contribution in [0.15, 0.2) is 24.3 Å². The number of carboxylic acids is 1. The molecule has 1 aromatic heterocycles. The van der Waals surface area contributed by atoms with E-state index in [2.05, 4.69) is 5.32 Å². The van der Waals surface area contributed by atoms with Crippen molar-refractivity contribution in [1.29, 1.82) is 0 Å². The fourth-order valence-electron chi connectivity index (χ4n) is 9.00. The predicted octanol–water partition coefficient (Wildman–Crippen LogP) is 7.22. The summed E-state index contributed by atoms with van der Waals surface area (Å²) in [4.78, 5) is 55.7. The molecule has 3 aliphatic rings. The van der Waals surface area contributed by atoms with Gasteiger partial charge in [-0.25, -0.2) is 14.0 Å². The van der Waals surface area contributed by atoms with Crippen molar-refractivity contribution in [1.82, 2.24) is 14.8 Å². The van der Waals surface area contributed by atoms with Crippen LogP contribution >= 0.6 is 11.6 Å². The van der Waals surface area contributed by atoms with Crippen molar-refractivity contribution in [3.05, 3.63) is 35.0 Å². The number of ether oxygens (including phenoxy) is 1. The molecule has 1 aromatic carbocycles. The first-order valence-electron chi connectivity index (χ1n) is 17.4. The third kappa shape index (κ3) is 6.63. The zero-order valence-electron chi connectivity index (χ0n) is 28.5. The topological polar surface area (TPSA) is 144 Å². The van der Waals surface area contributed by atoms with Crippen LogP contribution in [-0.4, -0.2) is 62.3 Å². The summed E-state index contributed by atoms with van der Waals surface area (Å²) in [7, 11) is 0. The van der Waals surface area contributed by atoms with Gasteiger partial charge in [-0.3, -0.25) is 9.59 Å². The number of primary amides is 1. The smallest absolute Gasteiger partial charge is 0.407 e. The van der Waals surface area contributed by atoms with E-state index >= 15 is 0 Å². The molecule has 0 bridgehead atoms. The van der Waals surface area contributed by atoms with Gasteiger partial charge >= 0.3 is 12.1 Å². The number of para-hydroxylation sites is 1. The minimum Gasteiger partial charge on any atom is -0.477 e. The lowest BCUT2D eigenvalue weighted by Gasteiger charge is -2.46. The number of carbonyl (C=O) groups is 4. The molecule has 2 aromatic rings. The number of likely N-dealkylation sites (tertiary alicyclic amines) is 1. The average Bonchev–Trinajstić information content (AvgIpc) is 3.56. The van der Waals surface area contributed by atoms with Crippen molar-refractivity contribution in [3.63, 3.8) is 0 Å². The molecule has 4 N–H and O–H groups in total. The number of aromatic nitrogens is 1. The van der Waals surface area contributed by atoms with Gasteiger partial charge in [0.15, 0.2) is 0 Å². The molecule has 5 rings (SSSR count). The number of aromatic carboxylic acids is 1. The third-order valence-electron chi connectivity index (χ3n) is 11.1. The number of halogens is 2. The van der Waals surface area contributed by atoms with Crippen LogP contribution < -0.4 is 11.1 Å². The van der Waals surface area contributed by atoms with E-state index in [0.29, 0.717) is 49.4 Å². The molecular weight excluding hydrogens is 639 g/mol. The second-order valence-electron chi connectivity index (χ2n) is 14.9. The Kier molecular flexibility index (Phi) is 10.7. The van der Waals surface area contributed by atoms with Crippen LogP contribution in [0.3, 0.4) is 0 Å². The minimum absolute atomic E-state index is 0.0862. The monoisotopic (exact) mass is 688 g/mol. The van der Waals surface area contributed by atoms with Gasteiger partial charge in [0.05, 0.1) is 16.6 Å². The van der Waals surface area contributed by atoms with Crippen LogP contribution in [0.1, 0.15) is 115 Å². The highest BCUT2D eigenvalue weighted by Gasteiger charge is 2.61. The zero-order chi connectivity index (χ0) is 35.0. The number of fused-ring (bicyclic) bond motifs is 1. The van der Waals surface area contributed by atoms with E-state index in [1.807, 2.05) is 6.92 Å². The van der Waals surface area contributed by atoms with E-state index in [1.54, 1.807) is 54.5 Å². The predicted molar refractivity (Wildman–Crippen MR) is 181 cm³/mol. The highest BCUT2D eigenvalue weighted by atomic mass is 35.5. The molecule has 0 spiro atoms. The number of alkyl carbamates (subject to hydrolysis) is 1. The first kappa shape index (κ1) is 36.0. The molecule has 10 nitrogen and oxygen atoms in total. The number of carboxylic acid groups (broad SMARTS) is 1. The molecular formula is C36H50ClFN4O6. The van der Waals surface area contributed by atoms with E-state index in [-0.39, 0.29) is 34.4 Å². The molecule has 1 saturated heterocycles. The molecule has 0 radical (unpaired) electrons. The number of alkyl halides is 1. The highest BCUT2D eigenvalue weighted by molar-refractivity contribution is 6.38. The zero-order valence-corrected chi connectivity index (χ0v) is 29.2. The normalized spacial score (nSPS) is 27.5. The maximum absolute atomic E-state index is 15.0. The number of nitrogens with two attached hydrogens (primary N) is 1. The van der Waals surface area contributed by atoms with Gasteiger partial charge < -0.3 is 30.4 Å². The van der Waals surface area contributed by atoms with E-state index in [0.717, 1.165) is 32.1 Å². The summed E-state index contributed by atoms with van der Waals surface area (Å²) in [5.41, 5.74) is 4.75. The standard InChI is InChI=1S/C36H50ClFN4O6/c1-5-36(33(39)46)25(21-11-7-6-8-12-21)19-28(41-27-14-10-9-13-24(27)29(37)30(41)32(44)45)42(36)31(43)23-17-15-22(16-18-23)26(20-38)40-34(47)48-35(2,3)4/h9-10,13-14,21-23,25-26,28H,5-8,11-12,15-20H2,1-4H3,(H2,39,46)(H,40,47)(H,44,45)/t22-,23-,25-,26?,28?,36-/m0/s1. The molecule has 2 saturated carbocycles. The number of benzene rings is 1. The molecule has 3 amide bonds. The van der Waals surface area contributed by atoms with Crippen molar-refractivity contribution < 1.29 is 33.4 Å². The lowest BCUT2D eigenvalue weighted by atomic mass is 9.68. The maximum atomic E-state index is 15.0. The van der Waals surface area contributed by atoms with Crippen LogP contribution in [0.4, 0.5) is 9.18 Å². The molecule has 3 fully saturated rings. The number of rotatable bonds is 9. The van der Waals surface area contributed by atoms with E-state index in [1.165, 1.54) is 0 Å². The Morgan fingerprint density at radius 3 is 2.29 bits per heavy atom. The number of nitrogens with one attached hydrogen (secondary N) is 1. The minimum atomic E-state index is -1.33. The van der Waals surface area contributed by atoms with E-state index in [9.17, 15) is 28.7 Å². The van der Waals surface area contributed by atoms with Crippen molar-refractivity contribution in [2.45, 2.75) is 122 Å². The fourth-order valence-corrected chi connectivity index (χ4v) is 9.33. The second-order valence-corrected chi connectivity index (χ2v) is 15.3. The van der Waals surface area contributed by atoms with Gasteiger partial charge in [0.2, 0.25) is 11.8 Å². The lowest BCUT2D eigenvalue weighted by Crippen LogP contribution is -2.62. The van der Waals surface area contributed by atoms with Gasteiger partial charge in [-0.15, -0.1) is 0 Å². The Bertz CT molecular complexity index is 1530. The third-order valence-corrected chi connectivity index (χ3v) is 11.5. The number of amides is 3. The summed E-state index contributed by atoms with van der Waals surface area (Å²) in [5, 5.41) is 13.8. The molecule has 48 heavy (non-hydrogen) atoms.